The number of nitrogen functional groups attached to an aromatic ring is 1. The van der Waals surface area contributed by atoms with Crippen LogP contribution in [-0.4, -0.2) is 12.9 Å². The standard InChI is InChI=1S/C14H12FNO2/c1-18-10-7-5-9(6-8-10)14(17)11-3-2-4-12(15)13(11)16/h2-8H,16H2,1H3. The average Bonchev–Trinajstić information content (AvgIpc) is 2.41. The minimum atomic E-state index is -0.589. The predicted octanol–water partition coefficient (Wildman–Crippen LogP) is 2.65. The van der Waals surface area contributed by atoms with Gasteiger partial charge in [-0.3, -0.25) is 4.79 Å². The van der Waals surface area contributed by atoms with Gasteiger partial charge in [0.1, 0.15) is 11.6 Å². The summed E-state index contributed by atoms with van der Waals surface area (Å²) < 4.78 is 18.3. The highest BCUT2D eigenvalue weighted by atomic mass is 19.1. The molecule has 0 aromatic heterocycles. The van der Waals surface area contributed by atoms with Crippen molar-refractivity contribution >= 4 is 11.5 Å². The van der Waals surface area contributed by atoms with Crippen molar-refractivity contribution < 1.29 is 13.9 Å². The van der Waals surface area contributed by atoms with Gasteiger partial charge in [0.25, 0.3) is 0 Å². The van der Waals surface area contributed by atoms with E-state index in [1.54, 1.807) is 31.4 Å². The highest BCUT2D eigenvalue weighted by Crippen LogP contribution is 2.21. The smallest absolute Gasteiger partial charge is 0.195 e. The zero-order valence-corrected chi connectivity index (χ0v) is 9.81. The van der Waals surface area contributed by atoms with Gasteiger partial charge in [0.05, 0.1) is 12.8 Å². The number of carbonyl (C=O) groups excluding carboxylic acids is 1. The minimum absolute atomic E-state index is 0.127. The molecule has 2 aromatic carbocycles. The lowest BCUT2D eigenvalue weighted by atomic mass is 10.0. The second kappa shape index (κ2) is 4.87. The molecule has 2 aromatic rings. The molecule has 4 heteroatoms. The monoisotopic (exact) mass is 245 g/mol. The number of nitrogens with two attached hydrogens (primary N) is 1. The number of anilines is 1. The van der Waals surface area contributed by atoms with Gasteiger partial charge in [-0.05, 0) is 36.4 Å². The van der Waals surface area contributed by atoms with Gasteiger partial charge in [0, 0.05) is 11.1 Å². The first-order chi connectivity index (χ1) is 8.63. The van der Waals surface area contributed by atoms with E-state index >= 15 is 0 Å². The lowest BCUT2D eigenvalue weighted by Crippen LogP contribution is -2.06. The van der Waals surface area contributed by atoms with Crippen LogP contribution in [0.15, 0.2) is 42.5 Å². The van der Waals surface area contributed by atoms with Gasteiger partial charge in [-0.15, -0.1) is 0 Å². The Morgan fingerprint density at radius 3 is 2.44 bits per heavy atom. The Morgan fingerprint density at radius 2 is 1.83 bits per heavy atom. The molecular weight excluding hydrogens is 233 g/mol. The fourth-order valence-corrected chi connectivity index (χ4v) is 1.63. The van der Waals surface area contributed by atoms with Crippen molar-refractivity contribution in [2.75, 3.05) is 12.8 Å². The molecule has 0 atom stereocenters. The Labute approximate surface area is 104 Å². The SMILES string of the molecule is COc1ccc(C(=O)c2cccc(F)c2N)cc1. The van der Waals surface area contributed by atoms with E-state index in [9.17, 15) is 9.18 Å². The Hall–Kier alpha value is -2.36. The van der Waals surface area contributed by atoms with E-state index in [0.717, 1.165) is 0 Å². The molecule has 0 aliphatic heterocycles. The van der Waals surface area contributed by atoms with Crippen LogP contribution in [0.3, 0.4) is 0 Å². The summed E-state index contributed by atoms with van der Waals surface area (Å²) in [4.78, 5) is 12.1. The predicted molar refractivity (Wildman–Crippen MR) is 67.2 cm³/mol. The molecule has 0 heterocycles. The Balaban J connectivity index is 2.38. The quantitative estimate of drug-likeness (QED) is 0.668. The first kappa shape index (κ1) is 12.1. The maximum atomic E-state index is 13.3. The van der Waals surface area contributed by atoms with Gasteiger partial charge in [-0.1, -0.05) is 6.07 Å². The Bertz CT molecular complexity index is 579. The molecule has 18 heavy (non-hydrogen) atoms. The molecule has 0 bridgehead atoms. The van der Waals surface area contributed by atoms with Crippen LogP contribution in [0.4, 0.5) is 10.1 Å². The third kappa shape index (κ3) is 2.18. The molecule has 0 amide bonds. The number of rotatable bonds is 3. The summed E-state index contributed by atoms with van der Waals surface area (Å²) in [5.41, 5.74) is 6.03. The van der Waals surface area contributed by atoms with Crippen LogP contribution in [-0.2, 0) is 0 Å². The molecule has 2 rings (SSSR count). The van der Waals surface area contributed by atoms with E-state index in [0.29, 0.717) is 11.3 Å². The molecule has 0 aliphatic rings. The van der Waals surface area contributed by atoms with Crippen LogP contribution < -0.4 is 10.5 Å². The van der Waals surface area contributed by atoms with Crippen molar-refractivity contribution in [1.82, 2.24) is 0 Å². The third-order valence-corrected chi connectivity index (χ3v) is 2.65. The van der Waals surface area contributed by atoms with Crippen LogP contribution in [0.2, 0.25) is 0 Å². The van der Waals surface area contributed by atoms with Crippen LogP contribution in [0.1, 0.15) is 15.9 Å². The number of hydrogen-bond acceptors (Lipinski definition) is 3. The summed E-state index contributed by atoms with van der Waals surface area (Å²) >= 11 is 0. The van der Waals surface area contributed by atoms with E-state index in [2.05, 4.69) is 0 Å². The first-order valence-corrected chi connectivity index (χ1v) is 5.36. The number of para-hydroxylation sites is 1. The summed E-state index contributed by atoms with van der Waals surface area (Å²) in [7, 11) is 1.54. The molecule has 0 saturated carbocycles. The van der Waals surface area contributed by atoms with Crippen molar-refractivity contribution in [1.29, 1.82) is 0 Å². The van der Waals surface area contributed by atoms with Gasteiger partial charge >= 0.3 is 0 Å². The van der Waals surface area contributed by atoms with Crippen molar-refractivity contribution in [2.24, 2.45) is 0 Å². The molecule has 0 spiro atoms. The maximum absolute atomic E-state index is 13.3. The van der Waals surface area contributed by atoms with Crippen LogP contribution in [0.25, 0.3) is 0 Å². The van der Waals surface area contributed by atoms with Crippen LogP contribution in [0, 0.1) is 5.82 Å². The first-order valence-electron chi connectivity index (χ1n) is 5.36. The number of halogens is 1. The zero-order chi connectivity index (χ0) is 13.1. The normalized spacial score (nSPS) is 10.1. The lowest BCUT2D eigenvalue weighted by Gasteiger charge is -2.06. The number of benzene rings is 2. The largest absolute Gasteiger partial charge is 0.497 e. The van der Waals surface area contributed by atoms with Crippen molar-refractivity contribution in [2.45, 2.75) is 0 Å². The summed E-state index contributed by atoms with van der Waals surface area (Å²) in [6.45, 7) is 0. The van der Waals surface area contributed by atoms with Crippen molar-refractivity contribution in [3.8, 4) is 5.75 Å². The lowest BCUT2D eigenvalue weighted by molar-refractivity contribution is 0.103. The molecule has 0 unspecified atom stereocenters. The van der Waals surface area contributed by atoms with E-state index in [-0.39, 0.29) is 17.0 Å². The van der Waals surface area contributed by atoms with Crippen molar-refractivity contribution in [3.63, 3.8) is 0 Å². The van der Waals surface area contributed by atoms with E-state index < -0.39 is 5.82 Å². The van der Waals surface area contributed by atoms with E-state index in [4.69, 9.17) is 10.5 Å². The molecule has 0 aliphatic carbocycles. The number of hydrogen-bond donors (Lipinski definition) is 1. The van der Waals surface area contributed by atoms with Gasteiger partial charge in [-0.2, -0.15) is 0 Å². The summed E-state index contributed by atoms with van der Waals surface area (Å²) in [5.74, 6) is -0.247. The molecule has 2 N–H and O–H groups in total. The van der Waals surface area contributed by atoms with Gasteiger partial charge in [-0.25, -0.2) is 4.39 Å². The molecule has 0 fully saturated rings. The second-order valence-electron chi connectivity index (χ2n) is 3.76. The highest BCUT2D eigenvalue weighted by Gasteiger charge is 2.14. The van der Waals surface area contributed by atoms with Crippen LogP contribution >= 0.6 is 0 Å². The summed E-state index contributed by atoms with van der Waals surface area (Å²) in [5, 5.41) is 0. The Morgan fingerprint density at radius 1 is 1.17 bits per heavy atom. The second-order valence-corrected chi connectivity index (χ2v) is 3.76. The maximum Gasteiger partial charge on any atom is 0.195 e. The number of methoxy groups -OCH3 is 1. The fourth-order valence-electron chi connectivity index (χ4n) is 1.63. The fraction of sp³-hybridized carbons (Fsp3) is 0.0714. The van der Waals surface area contributed by atoms with Gasteiger partial charge in [0.2, 0.25) is 0 Å². The highest BCUT2D eigenvalue weighted by molar-refractivity contribution is 6.12. The third-order valence-electron chi connectivity index (χ3n) is 2.65. The average molecular weight is 245 g/mol. The molecule has 0 radical (unpaired) electrons. The number of carbonyl (C=O) groups is 1. The van der Waals surface area contributed by atoms with Crippen molar-refractivity contribution in [3.05, 3.63) is 59.4 Å². The number of ether oxygens (including phenoxy) is 1. The van der Waals surface area contributed by atoms with E-state index in [1.807, 2.05) is 0 Å². The molecule has 92 valence electrons. The molecule has 0 saturated heterocycles. The van der Waals surface area contributed by atoms with Crippen LogP contribution in [0.5, 0.6) is 5.75 Å². The number of ketones is 1. The van der Waals surface area contributed by atoms with Gasteiger partial charge in [0.15, 0.2) is 5.78 Å². The Kier molecular flexibility index (Phi) is 3.28. The molecular formula is C14H12FNO2. The minimum Gasteiger partial charge on any atom is -0.497 e. The van der Waals surface area contributed by atoms with E-state index in [1.165, 1.54) is 18.2 Å². The summed E-state index contributed by atoms with van der Waals surface area (Å²) in [6.07, 6.45) is 0. The molecule has 3 nitrogen and oxygen atoms in total. The zero-order valence-electron chi connectivity index (χ0n) is 9.81. The summed E-state index contributed by atoms with van der Waals surface area (Å²) in [6, 6.07) is 10.8. The topological polar surface area (TPSA) is 52.3 Å². The van der Waals surface area contributed by atoms with Gasteiger partial charge < -0.3 is 10.5 Å².